The molecule has 7 heteroatoms. The van der Waals surface area contributed by atoms with Crippen molar-refractivity contribution < 1.29 is 4.92 Å². The van der Waals surface area contributed by atoms with E-state index in [4.69, 9.17) is 11.6 Å². The number of hydrogen-bond donors (Lipinski definition) is 2. The van der Waals surface area contributed by atoms with Crippen molar-refractivity contribution in [3.05, 3.63) is 74.8 Å². The Morgan fingerprint density at radius 2 is 1.92 bits per heavy atom. The molecule has 0 fully saturated rings. The van der Waals surface area contributed by atoms with E-state index in [-0.39, 0.29) is 5.69 Å². The number of guanidine groups is 1. The van der Waals surface area contributed by atoms with Crippen molar-refractivity contribution in [2.24, 2.45) is 4.99 Å². The molecule has 126 valence electrons. The van der Waals surface area contributed by atoms with Crippen LogP contribution in [-0.4, -0.2) is 24.5 Å². The van der Waals surface area contributed by atoms with Gasteiger partial charge in [0.15, 0.2) is 5.96 Å². The largest absolute Gasteiger partial charge is 0.356 e. The Hall–Kier alpha value is -2.60. The van der Waals surface area contributed by atoms with E-state index in [1.165, 1.54) is 12.1 Å². The summed E-state index contributed by atoms with van der Waals surface area (Å²) >= 11 is 5.96. The Labute approximate surface area is 145 Å². The zero-order valence-corrected chi connectivity index (χ0v) is 14.1. The maximum Gasteiger partial charge on any atom is 0.269 e. The number of nitro benzene ring substituents is 1. The Morgan fingerprint density at radius 3 is 2.54 bits per heavy atom. The smallest absolute Gasteiger partial charge is 0.269 e. The van der Waals surface area contributed by atoms with Gasteiger partial charge in [0.05, 0.1) is 4.92 Å². The molecule has 0 aromatic heterocycles. The number of aliphatic imine (C=N–C) groups is 1. The van der Waals surface area contributed by atoms with Gasteiger partial charge >= 0.3 is 0 Å². The van der Waals surface area contributed by atoms with Crippen LogP contribution in [0.5, 0.6) is 0 Å². The van der Waals surface area contributed by atoms with E-state index in [1.54, 1.807) is 19.2 Å². The lowest BCUT2D eigenvalue weighted by molar-refractivity contribution is -0.384. The van der Waals surface area contributed by atoms with E-state index in [1.807, 2.05) is 24.3 Å². The van der Waals surface area contributed by atoms with Crippen LogP contribution in [0.4, 0.5) is 5.69 Å². The molecular weight excluding hydrogens is 328 g/mol. The van der Waals surface area contributed by atoms with Gasteiger partial charge in [-0.05, 0) is 29.7 Å². The normalized spacial score (nSPS) is 11.2. The van der Waals surface area contributed by atoms with Crippen molar-refractivity contribution in [2.75, 3.05) is 13.6 Å². The van der Waals surface area contributed by atoms with E-state index in [0.717, 1.165) is 29.1 Å². The standard InChI is InChI=1S/C17H19ClN4O2/c1-19-17(20-10-9-13-3-2-4-15(18)11-13)21-12-14-5-7-16(8-6-14)22(23)24/h2-8,11H,9-10,12H2,1H3,(H2,19,20,21). The fourth-order valence-corrected chi connectivity index (χ4v) is 2.37. The third kappa shape index (κ3) is 5.55. The average molecular weight is 347 g/mol. The molecule has 0 unspecified atom stereocenters. The average Bonchev–Trinajstić information content (AvgIpc) is 2.58. The van der Waals surface area contributed by atoms with Crippen molar-refractivity contribution in [1.82, 2.24) is 10.6 Å². The number of non-ortho nitro benzene ring substituents is 1. The van der Waals surface area contributed by atoms with Crippen LogP contribution in [0.1, 0.15) is 11.1 Å². The van der Waals surface area contributed by atoms with Crippen LogP contribution in [0.15, 0.2) is 53.5 Å². The molecule has 0 aliphatic heterocycles. The molecule has 2 rings (SSSR count). The Morgan fingerprint density at radius 1 is 1.17 bits per heavy atom. The van der Waals surface area contributed by atoms with E-state index in [9.17, 15) is 10.1 Å². The minimum absolute atomic E-state index is 0.0859. The second-order valence-electron chi connectivity index (χ2n) is 5.16. The van der Waals surface area contributed by atoms with E-state index >= 15 is 0 Å². The van der Waals surface area contributed by atoms with Crippen molar-refractivity contribution in [2.45, 2.75) is 13.0 Å². The molecule has 0 saturated carbocycles. The van der Waals surface area contributed by atoms with Crippen LogP contribution in [0.25, 0.3) is 0 Å². The zero-order chi connectivity index (χ0) is 17.4. The molecule has 0 radical (unpaired) electrons. The molecule has 0 atom stereocenters. The molecule has 0 aliphatic rings. The fraction of sp³-hybridized carbons (Fsp3) is 0.235. The van der Waals surface area contributed by atoms with Gasteiger partial charge in [0.1, 0.15) is 0 Å². The van der Waals surface area contributed by atoms with Gasteiger partial charge in [0.25, 0.3) is 5.69 Å². The molecule has 0 heterocycles. The first kappa shape index (κ1) is 17.7. The van der Waals surface area contributed by atoms with Crippen LogP contribution in [0, 0.1) is 10.1 Å². The number of rotatable bonds is 6. The molecule has 0 spiro atoms. The predicted octanol–water partition coefficient (Wildman–Crippen LogP) is 3.16. The first-order valence-electron chi connectivity index (χ1n) is 7.51. The van der Waals surface area contributed by atoms with Gasteiger partial charge < -0.3 is 10.6 Å². The molecule has 24 heavy (non-hydrogen) atoms. The third-order valence-electron chi connectivity index (χ3n) is 3.43. The molecule has 2 aromatic carbocycles. The number of benzene rings is 2. The van der Waals surface area contributed by atoms with E-state index in [0.29, 0.717) is 12.5 Å². The van der Waals surface area contributed by atoms with E-state index in [2.05, 4.69) is 15.6 Å². The minimum Gasteiger partial charge on any atom is -0.356 e. The first-order valence-corrected chi connectivity index (χ1v) is 7.88. The second-order valence-corrected chi connectivity index (χ2v) is 5.59. The van der Waals surface area contributed by atoms with Crippen LogP contribution >= 0.6 is 11.6 Å². The second kappa shape index (κ2) is 8.88. The van der Waals surface area contributed by atoms with Crippen LogP contribution in [0.3, 0.4) is 0 Å². The summed E-state index contributed by atoms with van der Waals surface area (Å²) in [4.78, 5) is 14.4. The zero-order valence-electron chi connectivity index (χ0n) is 13.3. The molecule has 0 amide bonds. The molecule has 0 aliphatic carbocycles. The molecule has 2 aromatic rings. The molecule has 0 saturated heterocycles. The number of nitrogens with zero attached hydrogens (tertiary/aromatic N) is 2. The van der Waals surface area contributed by atoms with Gasteiger partial charge in [-0.15, -0.1) is 0 Å². The highest BCUT2D eigenvalue weighted by atomic mass is 35.5. The van der Waals surface area contributed by atoms with Gasteiger partial charge in [0, 0.05) is 37.3 Å². The lowest BCUT2D eigenvalue weighted by atomic mass is 10.1. The SMILES string of the molecule is CN=C(NCCc1cccc(Cl)c1)NCc1ccc([N+](=O)[O-])cc1. The van der Waals surface area contributed by atoms with Crippen molar-refractivity contribution in [1.29, 1.82) is 0 Å². The summed E-state index contributed by atoms with van der Waals surface area (Å²) in [6, 6.07) is 14.2. The number of halogens is 1. The Kier molecular flexibility index (Phi) is 6.57. The predicted molar refractivity (Wildman–Crippen MR) is 96.5 cm³/mol. The summed E-state index contributed by atoms with van der Waals surface area (Å²) < 4.78 is 0. The summed E-state index contributed by atoms with van der Waals surface area (Å²) in [5.74, 6) is 0.676. The number of nitro groups is 1. The van der Waals surface area contributed by atoms with Gasteiger partial charge in [0.2, 0.25) is 0 Å². The third-order valence-corrected chi connectivity index (χ3v) is 3.66. The lowest BCUT2D eigenvalue weighted by Crippen LogP contribution is -2.37. The number of nitrogens with one attached hydrogen (secondary N) is 2. The van der Waals surface area contributed by atoms with Gasteiger partial charge in [-0.25, -0.2) is 0 Å². The maximum atomic E-state index is 10.6. The monoisotopic (exact) mass is 346 g/mol. The van der Waals surface area contributed by atoms with Crippen molar-refractivity contribution in [3.63, 3.8) is 0 Å². The lowest BCUT2D eigenvalue weighted by Gasteiger charge is -2.12. The first-order chi connectivity index (χ1) is 11.6. The molecular formula is C17H19ClN4O2. The summed E-state index contributed by atoms with van der Waals surface area (Å²) in [5, 5.41) is 17.8. The van der Waals surface area contributed by atoms with Gasteiger partial charge in [-0.1, -0.05) is 35.9 Å². The van der Waals surface area contributed by atoms with Crippen LogP contribution in [-0.2, 0) is 13.0 Å². The van der Waals surface area contributed by atoms with Gasteiger partial charge in [-0.2, -0.15) is 0 Å². The Bertz CT molecular complexity index is 717. The maximum absolute atomic E-state index is 10.6. The summed E-state index contributed by atoms with van der Waals surface area (Å²) in [6.45, 7) is 1.26. The molecule has 6 nitrogen and oxygen atoms in total. The summed E-state index contributed by atoms with van der Waals surface area (Å²) in [7, 11) is 1.70. The summed E-state index contributed by atoms with van der Waals surface area (Å²) in [6.07, 6.45) is 0.832. The highest BCUT2D eigenvalue weighted by Gasteiger charge is 2.04. The topological polar surface area (TPSA) is 79.6 Å². The van der Waals surface area contributed by atoms with E-state index < -0.39 is 4.92 Å². The highest BCUT2D eigenvalue weighted by Crippen LogP contribution is 2.12. The summed E-state index contributed by atoms with van der Waals surface area (Å²) in [5.41, 5.74) is 2.18. The van der Waals surface area contributed by atoms with Crippen LogP contribution < -0.4 is 10.6 Å². The highest BCUT2D eigenvalue weighted by molar-refractivity contribution is 6.30. The number of hydrogen-bond acceptors (Lipinski definition) is 3. The van der Waals surface area contributed by atoms with Crippen molar-refractivity contribution in [3.8, 4) is 0 Å². The quantitative estimate of drug-likeness (QED) is 0.364. The molecule has 0 bridgehead atoms. The van der Waals surface area contributed by atoms with Gasteiger partial charge in [-0.3, -0.25) is 15.1 Å². The Balaban J connectivity index is 1.79. The minimum atomic E-state index is -0.409. The fourth-order valence-electron chi connectivity index (χ4n) is 2.16. The molecule has 2 N–H and O–H groups in total. The van der Waals surface area contributed by atoms with Crippen molar-refractivity contribution >= 4 is 23.2 Å². The van der Waals surface area contributed by atoms with Crippen LogP contribution in [0.2, 0.25) is 5.02 Å².